The number of nitrogens with zero attached hydrogens (tertiary/aromatic N) is 4. The van der Waals surface area contributed by atoms with Gasteiger partial charge in [-0.3, -0.25) is 4.98 Å². The molecule has 0 unspecified atom stereocenters. The second-order valence-corrected chi connectivity index (χ2v) is 8.03. The van der Waals surface area contributed by atoms with Crippen LogP contribution in [0.4, 0.5) is 10.6 Å². The number of methoxy groups -OCH3 is 1. The Morgan fingerprint density at radius 3 is 2.52 bits per heavy atom. The molecule has 2 aliphatic heterocycles. The van der Waals surface area contributed by atoms with E-state index in [1.54, 1.807) is 12.4 Å². The first-order valence-corrected chi connectivity index (χ1v) is 11.0. The van der Waals surface area contributed by atoms with Gasteiger partial charge in [-0.25, -0.2) is 14.8 Å². The van der Waals surface area contributed by atoms with Crippen LogP contribution in [0.1, 0.15) is 24.5 Å². The Morgan fingerprint density at radius 2 is 1.79 bits per heavy atom. The van der Waals surface area contributed by atoms with E-state index < -0.39 is 5.43 Å². The molecule has 0 spiro atoms. The highest BCUT2D eigenvalue weighted by Crippen LogP contribution is 2.31. The molecule has 2 aromatic heterocycles. The number of hydrogen-bond acceptors (Lipinski definition) is 8. The van der Waals surface area contributed by atoms with Crippen molar-refractivity contribution in [1.29, 1.82) is 0 Å². The molecule has 0 amide bonds. The number of rotatable bonds is 4. The van der Waals surface area contributed by atoms with Crippen molar-refractivity contribution in [3.63, 3.8) is 0 Å². The summed E-state index contributed by atoms with van der Waals surface area (Å²) in [5, 5.41) is 4.57. The van der Waals surface area contributed by atoms with Gasteiger partial charge in [0.25, 0.3) is 0 Å². The number of carbonyl (C=O) groups is 1. The SMILES string of the molecule is COC(=O)Cl.Cl.c1ccc2nc(N3CC(Oc4nccnc4C4CCNCC4)C3)ccc2c1. The number of fused-ring (bicyclic) bond motifs is 1. The third-order valence-corrected chi connectivity index (χ3v) is 5.77. The van der Waals surface area contributed by atoms with Gasteiger partial charge in [0, 0.05) is 35.3 Å². The minimum absolute atomic E-state index is 0. The van der Waals surface area contributed by atoms with Crippen LogP contribution >= 0.6 is 24.0 Å². The third kappa shape index (κ3) is 6.43. The molecule has 33 heavy (non-hydrogen) atoms. The second kappa shape index (κ2) is 12.0. The maximum absolute atomic E-state index is 9.36. The van der Waals surface area contributed by atoms with Gasteiger partial charge < -0.3 is 19.7 Å². The molecule has 2 fully saturated rings. The van der Waals surface area contributed by atoms with E-state index >= 15 is 0 Å². The van der Waals surface area contributed by atoms with Crippen molar-refractivity contribution in [3.05, 3.63) is 54.5 Å². The Kier molecular flexibility index (Phi) is 9.05. The molecule has 1 aromatic carbocycles. The van der Waals surface area contributed by atoms with Gasteiger partial charge in [-0.2, -0.15) is 0 Å². The fourth-order valence-corrected chi connectivity index (χ4v) is 3.89. The first-order valence-electron chi connectivity index (χ1n) is 10.7. The lowest BCUT2D eigenvalue weighted by Crippen LogP contribution is -2.54. The number of nitrogens with one attached hydrogen (secondary N) is 1. The molecule has 1 N–H and O–H groups in total. The number of carbonyl (C=O) groups excluding carboxylic acids is 1. The van der Waals surface area contributed by atoms with E-state index in [-0.39, 0.29) is 18.5 Å². The molecule has 0 atom stereocenters. The highest BCUT2D eigenvalue weighted by molar-refractivity contribution is 6.61. The summed E-state index contributed by atoms with van der Waals surface area (Å²) < 4.78 is 10.1. The highest BCUT2D eigenvalue weighted by atomic mass is 35.5. The van der Waals surface area contributed by atoms with Crippen LogP contribution in [0, 0.1) is 0 Å². The van der Waals surface area contributed by atoms with E-state index in [2.05, 4.69) is 60.8 Å². The van der Waals surface area contributed by atoms with Crippen LogP contribution in [0.15, 0.2) is 48.8 Å². The average molecular weight is 492 g/mol. The lowest BCUT2D eigenvalue weighted by atomic mass is 9.94. The predicted octanol–water partition coefficient (Wildman–Crippen LogP) is 4.17. The summed E-state index contributed by atoms with van der Waals surface area (Å²) in [5.74, 6) is 2.15. The normalized spacial score (nSPS) is 16.1. The largest absolute Gasteiger partial charge is 0.469 e. The van der Waals surface area contributed by atoms with Crippen molar-refractivity contribution in [2.24, 2.45) is 0 Å². The smallest absolute Gasteiger partial charge is 0.403 e. The molecular weight excluding hydrogens is 465 g/mol. The Hall–Kier alpha value is -2.68. The molecule has 2 aliphatic rings. The molecule has 3 aromatic rings. The molecule has 176 valence electrons. The van der Waals surface area contributed by atoms with Crippen LogP contribution in [-0.4, -0.2) is 59.8 Å². The molecular formula is C23H27Cl2N5O3. The number of anilines is 1. The summed E-state index contributed by atoms with van der Waals surface area (Å²) in [6, 6.07) is 12.4. The maximum atomic E-state index is 9.36. The van der Waals surface area contributed by atoms with Gasteiger partial charge in [-0.15, -0.1) is 12.4 Å². The molecule has 5 rings (SSSR count). The number of para-hydroxylation sites is 1. The minimum Gasteiger partial charge on any atom is -0.469 e. The standard InChI is InChI=1S/C21H23N5O.C2H3ClO2.ClH/c1-2-4-18-15(3-1)5-6-19(25-18)26-13-17(14-26)27-21-20(23-11-12-24-21)16-7-9-22-10-8-16;1-5-2(3)4;/h1-6,11-12,16-17,22H,7-10,13-14H2;1H3;1H. The monoisotopic (exact) mass is 491 g/mol. The van der Waals surface area contributed by atoms with Gasteiger partial charge in [0.2, 0.25) is 5.88 Å². The van der Waals surface area contributed by atoms with Gasteiger partial charge in [-0.1, -0.05) is 18.2 Å². The quantitative estimate of drug-likeness (QED) is 0.543. The Labute approximate surface area is 204 Å². The number of halogens is 2. The number of aromatic nitrogens is 3. The van der Waals surface area contributed by atoms with E-state index in [1.807, 2.05) is 12.1 Å². The first kappa shape index (κ1) is 25.0. The van der Waals surface area contributed by atoms with Crippen LogP contribution < -0.4 is 15.0 Å². The van der Waals surface area contributed by atoms with Crippen LogP contribution in [0.25, 0.3) is 10.9 Å². The summed E-state index contributed by atoms with van der Waals surface area (Å²) in [6.45, 7) is 3.72. The number of ether oxygens (including phenoxy) is 2. The summed E-state index contributed by atoms with van der Waals surface area (Å²) in [4.78, 5) is 25.4. The van der Waals surface area contributed by atoms with Crippen molar-refractivity contribution in [1.82, 2.24) is 20.3 Å². The van der Waals surface area contributed by atoms with E-state index in [0.29, 0.717) is 11.8 Å². The molecule has 0 saturated carbocycles. The summed E-state index contributed by atoms with van der Waals surface area (Å²) in [6.07, 6.45) is 5.81. The van der Waals surface area contributed by atoms with Crippen LogP contribution in [0.2, 0.25) is 0 Å². The average Bonchev–Trinajstić information content (AvgIpc) is 2.82. The zero-order valence-electron chi connectivity index (χ0n) is 18.3. The molecule has 4 heterocycles. The van der Waals surface area contributed by atoms with Gasteiger partial charge in [0.05, 0.1) is 25.7 Å². The zero-order chi connectivity index (χ0) is 22.3. The molecule has 8 nitrogen and oxygen atoms in total. The van der Waals surface area contributed by atoms with Crippen molar-refractivity contribution >= 4 is 46.2 Å². The fraction of sp³-hybridized carbons (Fsp3) is 0.391. The van der Waals surface area contributed by atoms with Crippen LogP contribution in [0.5, 0.6) is 5.88 Å². The Bertz CT molecular complexity index is 1060. The molecule has 10 heteroatoms. The minimum atomic E-state index is -0.773. The summed E-state index contributed by atoms with van der Waals surface area (Å²) in [7, 11) is 1.22. The van der Waals surface area contributed by atoms with Crippen LogP contribution in [0.3, 0.4) is 0 Å². The van der Waals surface area contributed by atoms with Crippen molar-refractivity contribution in [2.45, 2.75) is 24.9 Å². The van der Waals surface area contributed by atoms with Crippen molar-refractivity contribution in [2.75, 3.05) is 38.2 Å². The number of benzene rings is 1. The second-order valence-electron chi connectivity index (χ2n) is 7.72. The maximum Gasteiger partial charge on any atom is 0.403 e. The number of pyridine rings is 1. The first-order chi connectivity index (χ1) is 15.6. The van der Waals surface area contributed by atoms with Gasteiger partial charge in [0.1, 0.15) is 17.6 Å². The van der Waals surface area contributed by atoms with E-state index in [1.165, 1.54) is 12.5 Å². The summed E-state index contributed by atoms with van der Waals surface area (Å²) >= 11 is 4.60. The number of hydrogen-bond donors (Lipinski definition) is 1. The predicted molar refractivity (Wildman–Crippen MR) is 131 cm³/mol. The molecule has 0 bridgehead atoms. The lowest BCUT2D eigenvalue weighted by molar-refractivity contribution is 0.156. The Morgan fingerprint density at radius 1 is 1.09 bits per heavy atom. The van der Waals surface area contributed by atoms with E-state index in [0.717, 1.165) is 56.0 Å². The topological polar surface area (TPSA) is 89.5 Å². The fourth-order valence-electron chi connectivity index (χ4n) is 3.89. The lowest BCUT2D eigenvalue weighted by Gasteiger charge is -2.40. The zero-order valence-corrected chi connectivity index (χ0v) is 19.9. The highest BCUT2D eigenvalue weighted by Gasteiger charge is 2.31. The van der Waals surface area contributed by atoms with Gasteiger partial charge >= 0.3 is 5.43 Å². The molecule has 0 radical (unpaired) electrons. The number of piperidine rings is 1. The Balaban J connectivity index is 0.000000465. The molecule has 2 saturated heterocycles. The van der Waals surface area contributed by atoms with E-state index in [9.17, 15) is 4.79 Å². The van der Waals surface area contributed by atoms with Gasteiger partial charge in [-0.05, 0) is 44.1 Å². The molecule has 0 aliphatic carbocycles. The third-order valence-electron chi connectivity index (χ3n) is 5.61. The van der Waals surface area contributed by atoms with Crippen molar-refractivity contribution in [3.8, 4) is 5.88 Å². The van der Waals surface area contributed by atoms with Gasteiger partial charge in [0.15, 0.2) is 0 Å². The van der Waals surface area contributed by atoms with Crippen LogP contribution in [-0.2, 0) is 4.74 Å². The van der Waals surface area contributed by atoms with E-state index in [4.69, 9.17) is 9.72 Å². The summed E-state index contributed by atoms with van der Waals surface area (Å²) in [5.41, 5.74) is 1.27. The van der Waals surface area contributed by atoms with Crippen molar-refractivity contribution < 1.29 is 14.3 Å².